The second-order valence-corrected chi connectivity index (χ2v) is 8.66. The van der Waals surface area contributed by atoms with Gasteiger partial charge in [-0.15, -0.1) is 0 Å². The first-order chi connectivity index (χ1) is 13.4. The third-order valence-electron chi connectivity index (χ3n) is 5.25. The molecule has 4 rings (SSSR count). The van der Waals surface area contributed by atoms with E-state index in [4.69, 9.17) is 14.5 Å². The number of aromatic nitrogens is 3. The minimum absolute atomic E-state index is 0.254. The monoisotopic (exact) mass is 387 g/mol. The molecule has 8 heteroatoms. The number of carbonyl (C=O) groups is 1. The Balaban J connectivity index is 1.60. The summed E-state index contributed by atoms with van der Waals surface area (Å²) in [5.74, 6) is 1.66. The first-order valence-corrected chi connectivity index (χ1v) is 9.93. The molecule has 4 heterocycles. The summed E-state index contributed by atoms with van der Waals surface area (Å²) in [5, 5.41) is 4.51. The van der Waals surface area contributed by atoms with Gasteiger partial charge in [0.05, 0.1) is 18.5 Å². The van der Waals surface area contributed by atoms with E-state index in [2.05, 4.69) is 10.00 Å². The summed E-state index contributed by atoms with van der Waals surface area (Å²) in [6.45, 7) is 9.61. The van der Waals surface area contributed by atoms with E-state index in [-0.39, 0.29) is 6.09 Å². The zero-order chi connectivity index (χ0) is 19.9. The average molecular weight is 387 g/mol. The topological polar surface area (TPSA) is 72.2 Å². The summed E-state index contributed by atoms with van der Waals surface area (Å²) in [6, 6.07) is 1.94. The molecule has 0 bridgehead atoms. The van der Waals surface area contributed by atoms with Crippen LogP contribution in [0.15, 0.2) is 12.3 Å². The fourth-order valence-electron chi connectivity index (χ4n) is 3.99. The highest BCUT2D eigenvalue weighted by atomic mass is 16.6. The number of ether oxygens (including phenoxy) is 2. The number of rotatable bonds is 3. The number of hydrogen-bond donors (Lipinski definition) is 0. The average Bonchev–Trinajstić information content (AvgIpc) is 2.93. The van der Waals surface area contributed by atoms with Crippen molar-refractivity contribution in [2.45, 2.75) is 39.2 Å². The Kier molecular flexibility index (Phi) is 4.91. The van der Waals surface area contributed by atoms with E-state index in [0.717, 1.165) is 49.7 Å². The third kappa shape index (κ3) is 3.65. The quantitative estimate of drug-likeness (QED) is 0.804. The fraction of sp³-hybridized carbons (Fsp3) is 0.650. The first kappa shape index (κ1) is 19.0. The summed E-state index contributed by atoms with van der Waals surface area (Å²) in [4.78, 5) is 21.5. The van der Waals surface area contributed by atoms with Crippen LogP contribution >= 0.6 is 0 Å². The van der Waals surface area contributed by atoms with E-state index in [1.807, 2.05) is 31.4 Å². The molecule has 0 N–H and O–H groups in total. The van der Waals surface area contributed by atoms with Crippen LogP contribution < -0.4 is 4.90 Å². The van der Waals surface area contributed by atoms with Crippen LogP contribution in [0.3, 0.4) is 0 Å². The van der Waals surface area contributed by atoms with Crippen molar-refractivity contribution in [1.82, 2.24) is 19.5 Å². The van der Waals surface area contributed by atoms with Gasteiger partial charge in [-0.2, -0.15) is 9.61 Å². The number of hydrogen-bond acceptors (Lipinski definition) is 6. The van der Waals surface area contributed by atoms with Gasteiger partial charge in [0.1, 0.15) is 11.4 Å². The lowest BCUT2D eigenvalue weighted by atomic mass is 9.99. The molecule has 1 amide bonds. The lowest BCUT2D eigenvalue weighted by Gasteiger charge is -2.41. The molecule has 0 aromatic carbocycles. The van der Waals surface area contributed by atoms with E-state index in [1.165, 1.54) is 5.56 Å². The Labute approximate surface area is 165 Å². The van der Waals surface area contributed by atoms with Gasteiger partial charge in [0, 0.05) is 57.3 Å². The van der Waals surface area contributed by atoms with Gasteiger partial charge >= 0.3 is 6.09 Å². The smallest absolute Gasteiger partial charge is 0.410 e. The molecule has 0 spiro atoms. The van der Waals surface area contributed by atoms with E-state index in [9.17, 15) is 4.79 Å². The summed E-state index contributed by atoms with van der Waals surface area (Å²) in [5.41, 5.74) is 2.62. The molecule has 2 aromatic rings. The Hall–Kier alpha value is -2.35. The minimum Gasteiger partial charge on any atom is -0.444 e. The van der Waals surface area contributed by atoms with Crippen molar-refractivity contribution < 1.29 is 14.3 Å². The van der Waals surface area contributed by atoms with E-state index in [1.54, 1.807) is 18.2 Å². The molecule has 2 aliphatic rings. The zero-order valence-corrected chi connectivity index (χ0v) is 17.1. The molecular formula is C20H29N5O3. The Bertz CT molecular complexity index is 867. The van der Waals surface area contributed by atoms with Crippen LogP contribution in [0.5, 0.6) is 0 Å². The summed E-state index contributed by atoms with van der Waals surface area (Å²) >= 11 is 0. The largest absolute Gasteiger partial charge is 0.444 e. The maximum absolute atomic E-state index is 12.5. The van der Waals surface area contributed by atoms with Crippen molar-refractivity contribution in [3.63, 3.8) is 0 Å². The highest BCUT2D eigenvalue weighted by Gasteiger charge is 2.33. The van der Waals surface area contributed by atoms with Gasteiger partial charge in [-0.1, -0.05) is 0 Å². The molecular weight excluding hydrogens is 358 g/mol. The Morgan fingerprint density at radius 3 is 2.71 bits per heavy atom. The molecule has 1 fully saturated rings. The van der Waals surface area contributed by atoms with Gasteiger partial charge < -0.3 is 19.3 Å². The molecule has 8 nitrogen and oxygen atoms in total. The molecule has 0 saturated carbocycles. The molecule has 28 heavy (non-hydrogen) atoms. The van der Waals surface area contributed by atoms with E-state index < -0.39 is 5.60 Å². The number of anilines is 1. The lowest BCUT2D eigenvalue weighted by Crippen LogP contribution is -2.50. The standard InChI is InChI=1S/C20H29N5O3/c1-20(2,3)28-19(26)23-9-6-15-16(7-10-23)22-17-5-8-21-25(17)18(15)24-11-14(12-24)13-27-4/h5,8,14H,6-7,9-13H2,1-4H3. The van der Waals surface area contributed by atoms with Crippen LogP contribution in [0, 0.1) is 5.92 Å². The number of methoxy groups -OCH3 is 1. The van der Waals surface area contributed by atoms with Gasteiger partial charge in [0.25, 0.3) is 0 Å². The predicted octanol–water partition coefficient (Wildman–Crippen LogP) is 2.15. The molecule has 152 valence electrons. The molecule has 0 unspecified atom stereocenters. The van der Waals surface area contributed by atoms with Gasteiger partial charge in [0.2, 0.25) is 0 Å². The molecule has 2 aromatic heterocycles. The lowest BCUT2D eigenvalue weighted by molar-refractivity contribution is 0.0258. The second kappa shape index (κ2) is 7.24. The van der Waals surface area contributed by atoms with Crippen molar-refractivity contribution >= 4 is 17.6 Å². The van der Waals surface area contributed by atoms with Crippen molar-refractivity contribution in [1.29, 1.82) is 0 Å². The van der Waals surface area contributed by atoms with Crippen molar-refractivity contribution in [2.75, 3.05) is 44.8 Å². The second-order valence-electron chi connectivity index (χ2n) is 8.66. The number of carbonyl (C=O) groups excluding carboxylic acids is 1. The summed E-state index contributed by atoms with van der Waals surface area (Å²) < 4.78 is 12.8. The molecule has 0 aliphatic carbocycles. The zero-order valence-electron chi connectivity index (χ0n) is 17.1. The molecule has 1 saturated heterocycles. The molecule has 0 atom stereocenters. The van der Waals surface area contributed by atoms with E-state index >= 15 is 0 Å². The van der Waals surface area contributed by atoms with Crippen LogP contribution in [-0.4, -0.2) is 71.1 Å². The summed E-state index contributed by atoms with van der Waals surface area (Å²) in [6.07, 6.45) is 3.01. The predicted molar refractivity (Wildman–Crippen MR) is 106 cm³/mol. The summed E-state index contributed by atoms with van der Waals surface area (Å²) in [7, 11) is 1.75. The van der Waals surface area contributed by atoms with Crippen molar-refractivity contribution in [3.05, 3.63) is 23.5 Å². The number of nitrogens with zero attached hydrogens (tertiary/aromatic N) is 5. The number of amides is 1. The maximum Gasteiger partial charge on any atom is 0.410 e. The third-order valence-corrected chi connectivity index (χ3v) is 5.25. The first-order valence-electron chi connectivity index (χ1n) is 9.93. The highest BCUT2D eigenvalue weighted by molar-refractivity contribution is 5.68. The normalized spacial score (nSPS) is 18.0. The molecule has 0 radical (unpaired) electrons. The van der Waals surface area contributed by atoms with Crippen LogP contribution in [0.4, 0.5) is 10.6 Å². The van der Waals surface area contributed by atoms with Crippen LogP contribution in [0.25, 0.3) is 5.65 Å². The highest BCUT2D eigenvalue weighted by Crippen LogP contribution is 2.32. The molecule has 2 aliphatic heterocycles. The Morgan fingerprint density at radius 1 is 1.25 bits per heavy atom. The van der Waals surface area contributed by atoms with Gasteiger partial charge in [-0.3, -0.25) is 0 Å². The van der Waals surface area contributed by atoms with Crippen LogP contribution in [0.1, 0.15) is 32.0 Å². The fourth-order valence-corrected chi connectivity index (χ4v) is 3.99. The Morgan fingerprint density at radius 2 is 2.00 bits per heavy atom. The van der Waals surface area contributed by atoms with Crippen molar-refractivity contribution in [3.8, 4) is 0 Å². The van der Waals surface area contributed by atoms with Crippen molar-refractivity contribution in [2.24, 2.45) is 5.92 Å². The number of fused-ring (bicyclic) bond motifs is 2. The maximum atomic E-state index is 12.5. The van der Waals surface area contributed by atoms with E-state index in [0.29, 0.717) is 19.0 Å². The van der Waals surface area contributed by atoms with Crippen LogP contribution in [-0.2, 0) is 22.3 Å². The minimum atomic E-state index is -0.492. The van der Waals surface area contributed by atoms with Gasteiger partial charge in [-0.05, 0) is 27.2 Å². The van der Waals surface area contributed by atoms with Gasteiger partial charge in [0.15, 0.2) is 5.65 Å². The van der Waals surface area contributed by atoms with Gasteiger partial charge in [-0.25, -0.2) is 9.78 Å². The SMILES string of the molecule is COCC1CN(c2c3c(nc4ccnn24)CCN(C(=O)OC(C)(C)C)CC3)C1. The van der Waals surface area contributed by atoms with Crippen LogP contribution in [0.2, 0.25) is 0 Å².